The molecule has 0 spiro atoms. The molecule has 21 nitrogen and oxygen atoms in total. The number of isocyanates is 1. The second kappa shape index (κ2) is 30.5. The van der Waals surface area contributed by atoms with E-state index < -0.39 is 30.2 Å². The van der Waals surface area contributed by atoms with Crippen LogP contribution in [0.5, 0.6) is 0 Å². The van der Waals surface area contributed by atoms with E-state index in [1.54, 1.807) is 114 Å². The van der Waals surface area contributed by atoms with Crippen molar-refractivity contribution in [2.45, 2.75) is 72.9 Å². The van der Waals surface area contributed by atoms with E-state index in [4.69, 9.17) is 31.0 Å². The van der Waals surface area contributed by atoms with Gasteiger partial charge in [-0.2, -0.15) is 31.0 Å². The molecule has 3 unspecified atom stereocenters. The molecule has 1 amide bonds. The van der Waals surface area contributed by atoms with Crippen LogP contribution in [0.1, 0.15) is 54.2 Å². The number of hydrogen-bond donors (Lipinski definition) is 3. The summed E-state index contributed by atoms with van der Waals surface area (Å²) in [5.74, 6) is -1.51. The van der Waals surface area contributed by atoms with E-state index in [0.717, 1.165) is 11.1 Å². The number of ether oxygens (including phenoxy) is 5. The van der Waals surface area contributed by atoms with Gasteiger partial charge in [0.1, 0.15) is 18.2 Å². The standard InChI is InChI=1S/C17H18N4O4.C9H6N2O.C8H12N2O3.C8H8N2.C5H8O3/c1-3-24-16(22)14(11-21-9-5-8-19-21)25-17(23)20-15-12(2)6-4-7-13(15)10-18;1-7-3-2-4-8(5-10)9(7)11-6-12;1-2-13-8(12)7(11)6-10-5-3-4-9-10;1-6-3-2-4-7(5-9)8(6)10;1-2-7-5(6)4-3-8-4/h4-9,14H,3,11H2,1-2H3,(H,20,23);2-4H,1H3;3-5,7,11H,2,6H2,1H3;2-4H,10H2,1H3;4H,2-3H2,1H3. The third-order valence-electron chi connectivity index (χ3n) is 8.65. The second-order valence-electron chi connectivity index (χ2n) is 13.6. The van der Waals surface area contributed by atoms with Crippen LogP contribution in [0.2, 0.25) is 0 Å². The molecule has 3 atom stereocenters. The van der Waals surface area contributed by atoms with Gasteiger partial charge in [0.2, 0.25) is 12.2 Å². The zero-order valence-electron chi connectivity index (χ0n) is 38.3. The minimum absolute atomic E-state index is 0.0259. The minimum Gasteiger partial charge on any atom is -0.464 e. The van der Waals surface area contributed by atoms with E-state index in [1.165, 1.54) is 15.4 Å². The largest absolute Gasteiger partial charge is 0.464 e. The second-order valence-corrected chi connectivity index (χ2v) is 13.6. The fraction of sp³-hybridized carbons (Fsp3) is 0.319. The first kappa shape index (κ1) is 55.5. The van der Waals surface area contributed by atoms with Crippen molar-refractivity contribution < 1.29 is 52.8 Å². The fourth-order valence-electron chi connectivity index (χ4n) is 5.20. The first-order valence-electron chi connectivity index (χ1n) is 20.7. The molecule has 0 aliphatic carbocycles. The Hall–Kier alpha value is -8.67. The number of aliphatic imine (C=N–C) groups is 1. The lowest BCUT2D eigenvalue weighted by Gasteiger charge is -2.17. The van der Waals surface area contributed by atoms with Crippen LogP contribution >= 0.6 is 0 Å². The zero-order chi connectivity index (χ0) is 50.4. The molecule has 1 saturated heterocycles. The van der Waals surface area contributed by atoms with Crippen molar-refractivity contribution >= 4 is 47.1 Å². The smallest absolute Gasteiger partial charge is 0.412 e. The lowest BCUT2D eigenvalue weighted by atomic mass is 10.1. The normalized spacial score (nSPS) is 12.2. The highest BCUT2D eigenvalue weighted by molar-refractivity contribution is 5.89. The number of nitriles is 3. The maximum Gasteiger partial charge on any atom is 0.412 e. The van der Waals surface area contributed by atoms with Crippen LogP contribution in [-0.4, -0.2) is 99.5 Å². The molecular formula is C47H52N10O11. The molecule has 3 heterocycles. The van der Waals surface area contributed by atoms with E-state index in [-0.39, 0.29) is 38.4 Å². The van der Waals surface area contributed by atoms with E-state index in [2.05, 4.69) is 34.7 Å². The summed E-state index contributed by atoms with van der Waals surface area (Å²) >= 11 is 0. The molecule has 0 bridgehead atoms. The van der Waals surface area contributed by atoms with Crippen molar-refractivity contribution in [3.63, 3.8) is 0 Å². The molecule has 4 N–H and O–H groups in total. The minimum atomic E-state index is -1.16. The van der Waals surface area contributed by atoms with Crippen LogP contribution < -0.4 is 11.1 Å². The molecular weight excluding hydrogens is 881 g/mol. The Bertz CT molecular complexity index is 2570. The van der Waals surface area contributed by atoms with E-state index >= 15 is 0 Å². The lowest BCUT2D eigenvalue weighted by molar-refractivity contribution is -0.154. The monoisotopic (exact) mass is 932 g/mol. The van der Waals surface area contributed by atoms with Crippen LogP contribution in [-0.2, 0) is 56.0 Å². The number of aliphatic hydroxyl groups is 1. The third kappa shape index (κ3) is 19.6. The summed E-state index contributed by atoms with van der Waals surface area (Å²) in [6.45, 7) is 12.1. The Balaban J connectivity index is 0.000000313. The van der Waals surface area contributed by atoms with Crippen LogP contribution in [0.3, 0.4) is 0 Å². The Kier molecular flexibility index (Phi) is 24.8. The summed E-state index contributed by atoms with van der Waals surface area (Å²) in [7, 11) is 0. The summed E-state index contributed by atoms with van der Waals surface area (Å²) in [6.07, 6.45) is 4.48. The molecule has 3 aromatic carbocycles. The van der Waals surface area contributed by atoms with Crippen LogP contribution in [0.4, 0.5) is 21.9 Å². The number of epoxide rings is 1. The molecule has 68 heavy (non-hydrogen) atoms. The predicted octanol–water partition coefficient (Wildman–Crippen LogP) is 5.28. The van der Waals surface area contributed by atoms with Gasteiger partial charge in [-0.25, -0.2) is 24.0 Å². The number of esters is 3. The number of carbonyl (C=O) groups excluding carboxylic acids is 5. The molecule has 1 aliphatic heterocycles. The van der Waals surface area contributed by atoms with Gasteiger partial charge in [-0.15, -0.1) is 0 Å². The number of nitrogens with two attached hydrogens (primary N) is 1. The van der Waals surface area contributed by atoms with Crippen molar-refractivity contribution in [1.29, 1.82) is 15.8 Å². The number of aromatic nitrogens is 4. The molecule has 356 valence electrons. The number of aliphatic hydroxyl groups excluding tert-OH is 1. The van der Waals surface area contributed by atoms with Crippen molar-refractivity contribution in [3.05, 3.63) is 125 Å². The average Bonchev–Trinajstić information content (AvgIpc) is 3.82. The van der Waals surface area contributed by atoms with Gasteiger partial charge in [0.25, 0.3) is 0 Å². The topological polar surface area (TPSA) is 312 Å². The first-order valence-corrected chi connectivity index (χ1v) is 20.7. The van der Waals surface area contributed by atoms with Gasteiger partial charge in [-0.05, 0) is 88.6 Å². The molecule has 0 radical (unpaired) electrons. The number of aryl methyl sites for hydroxylation is 3. The Morgan fingerprint density at radius 3 is 1.79 bits per heavy atom. The van der Waals surface area contributed by atoms with Gasteiger partial charge in [0.15, 0.2) is 12.2 Å². The number of nitrogens with zero attached hydrogens (tertiary/aromatic N) is 8. The summed E-state index contributed by atoms with van der Waals surface area (Å²) in [4.78, 5) is 59.1. The maximum absolute atomic E-state index is 12.2. The van der Waals surface area contributed by atoms with Crippen molar-refractivity contribution in [2.24, 2.45) is 4.99 Å². The van der Waals surface area contributed by atoms with Crippen molar-refractivity contribution in [1.82, 2.24) is 19.6 Å². The molecule has 1 aliphatic rings. The average molecular weight is 933 g/mol. The van der Waals surface area contributed by atoms with Gasteiger partial charge in [0.05, 0.1) is 73.3 Å². The van der Waals surface area contributed by atoms with Crippen molar-refractivity contribution in [3.8, 4) is 18.2 Å². The summed E-state index contributed by atoms with van der Waals surface area (Å²) < 4.78 is 26.9. The fourth-order valence-corrected chi connectivity index (χ4v) is 5.20. The maximum atomic E-state index is 12.2. The van der Waals surface area contributed by atoms with Gasteiger partial charge < -0.3 is 34.5 Å². The number of benzene rings is 3. The first-order chi connectivity index (χ1) is 32.7. The highest BCUT2D eigenvalue weighted by Gasteiger charge is 2.32. The van der Waals surface area contributed by atoms with E-state index in [0.29, 0.717) is 52.5 Å². The third-order valence-corrected chi connectivity index (χ3v) is 8.65. The van der Waals surface area contributed by atoms with Gasteiger partial charge >= 0.3 is 24.0 Å². The van der Waals surface area contributed by atoms with Crippen LogP contribution in [0.25, 0.3) is 0 Å². The summed E-state index contributed by atoms with van der Waals surface area (Å²) in [6, 6.07) is 25.0. The van der Waals surface area contributed by atoms with Crippen LogP contribution in [0.15, 0.2) is 96.5 Å². The quantitative estimate of drug-likeness (QED) is 0.0337. The Morgan fingerprint density at radius 2 is 1.29 bits per heavy atom. The van der Waals surface area contributed by atoms with E-state index in [1.807, 2.05) is 37.3 Å². The predicted molar refractivity (Wildman–Crippen MR) is 244 cm³/mol. The number of carbonyl (C=O) groups is 4. The Labute approximate surface area is 392 Å². The molecule has 0 saturated carbocycles. The van der Waals surface area contributed by atoms with Crippen molar-refractivity contribution in [2.75, 3.05) is 37.5 Å². The van der Waals surface area contributed by atoms with Crippen LogP contribution in [0, 0.1) is 54.8 Å². The number of para-hydroxylation sites is 3. The molecule has 5 aromatic rings. The molecule has 21 heteroatoms. The zero-order valence-corrected chi connectivity index (χ0v) is 38.3. The highest BCUT2D eigenvalue weighted by atomic mass is 16.6. The highest BCUT2D eigenvalue weighted by Crippen LogP contribution is 2.22. The number of nitrogens with one attached hydrogen (secondary N) is 1. The summed E-state index contributed by atoms with van der Waals surface area (Å²) in [5.41, 5.74) is 10.6. The van der Waals surface area contributed by atoms with Gasteiger partial charge in [-0.1, -0.05) is 36.4 Å². The lowest BCUT2D eigenvalue weighted by Crippen LogP contribution is -2.35. The number of anilines is 2. The van der Waals surface area contributed by atoms with Gasteiger partial charge in [0, 0.05) is 24.8 Å². The number of amides is 1. The molecule has 1 fully saturated rings. The Morgan fingerprint density at radius 1 is 0.779 bits per heavy atom. The number of hydrogen-bond acceptors (Lipinski definition) is 18. The number of nitrogen functional groups attached to an aromatic ring is 1. The van der Waals surface area contributed by atoms with Gasteiger partial charge in [-0.3, -0.25) is 14.7 Å². The SMILES string of the molecule is CCOC(=O)C(Cn1cccn1)OC(=O)Nc1c(C)cccc1C#N.CCOC(=O)C(O)Cn1cccn1.CCOC(=O)C1CO1.Cc1cccc(C#N)c1N.Cc1cccc(C#N)c1N=C=O. The molecule has 6 rings (SSSR count). The summed E-state index contributed by atoms with van der Waals surface area (Å²) in [5, 5.41) is 45.9. The molecule has 2 aromatic heterocycles. The number of rotatable bonds is 13. The van der Waals surface area contributed by atoms with E-state index in [9.17, 15) is 29.1 Å².